The summed E-state index contributed by atoms with van der Waals surface area (Å²) < 4.78 is 5.10. The number of fused-ring (bicyclic) bond motifs is 1. The minimum atomic E-state index is -0.0649. The number of hydrogen-bond acceptors (Lipinski definition) is 2. The number of carbonyl (C=O) groups is 1. The van der Waals surface area contributed by atoms with Crippen molar-refractivity contribution in [1.82, 2.24) is 0 Å². The predicted octanol–water partition coefficient (Wildman–Crippen LogP) is 3.44. The molecule has 0 aromatic heterocycles. The molecular weight excluding hydrogens is 250 g/mol. The highest BCUT2D eigenvalue weighted by atomic mass is 16.5. The highest BCUT2D eigenvalue weighted by molar-refractivity contribution is 6.04. The summed E-state index contributed by atoms with van der Waals surface area (Å²) in [6.07, 6.45) is 3.41. The zero-order valence-corrected chi connectivity index (χ0v) is 11.5. The zero-order chi connectivity index (χ0) is 13.9. The Hall–Kier alpha value is -2.29. The summed E-state index contributed by atoms with van der Waals surface area (Å²) in [5.74, 6) is 0.713. The Kier molecular flexibility index (Phi) is 3.42. The first-order valence-corrected chi connectivity index (χ1v) is 6.83. The highest BCUT2D eigenvalue weighted by Crippen LogP contribution is 2.23. The molecule has 1 N–H and O–H groups in total. The summed E-state index contributed by atoms with van der Waals surface area (Å²) in [4.78, 5) is 12.2. The molecule has 0 fully saturated rings. The minimum Gasteiger partial charge on any atom is -0.497 e. The van der Waals surface area contributed by atoms with Crippen molar-refractivity contribution < 1.29 is 9.53 Å². The molecule has 1 aliphatic carbocycles. The molecule has 0 spiro atoms. The van der Waals surface area contributed by atoms with Crippen LogP contribution in [0.15, 0.2) is 42.5 Å². The molecule has 2 aromatic carbocycles. The molecule has 0 radical (unpaired) electrons. The molecule has 0 aliphatic heterocycles. The van der Waals surface area contributed by atoms with Crippen LogP contribution in [0.25, 0.3) is 0 Å². The number of ether oxygens (including phenoxy) is 1. The number of anilines is 1. The average molecular weight is 267 g/mol. The first-order valence-electron chi connectivity index (χ1n) is 6.83. The largest absolute Gasteiger partial charge is 0.497 e. The third-order valence-corrected chi connectivity index (χ3v) is 3.71. The Balaban J connectivity index is 1.75. The Morgan fingerprint density at radius 3 is 2.55 bits per heavy atom. The molecule has 1 amide bonds. The smallest absolute Gasteiger partial charge is 0.255 e. The Labute approximate surface area is 118 Å². The SMILES string of the molecule is COc1ccc(NC(=O)c2ccc3c(c2)CCC3)cc1. The van der Waals surface area contributed by atoms with Crippen molar-refractivity contribution in [3.63, 3.8) is 0 Å². The number of rotatable bonds is 3. The molecule has 2 aromatic rings. The molecule has 1 aliphatic rings. The number of nitrogens with one attached hydrogen (secondary N) is 1. The van der Waals surface area contributed by atoms with Crippen molar-refractivity contribution in [3.8, 4) is 5.75 Å². The van der Waals surface area contributed by atoms with Gasteiger partial charge in [0.2, 0.25) is 0 Å². The Morgan fingerprint density at radius 1 is 1.05 bits per heavy atom. The monoisotopic (exact) mass is 267 g/mol. The van der Waals surface area contributed by atoms with E-state index in [1.54, 1.807) is 7.11 Å². The standard InChI is InChI=1S/C17H17NO2/c1-20-16-9-7-15(8-10-16)18-17(19)14-6-5-12-3-2-4-13(12)11-14/h5-11H,2-4H2,1H3,(H,18,19). The first-order chi connectivity index (χ1) is 9.76. The molecule has 3 rings (SSSR count). The normalized spacial score (nSPS) is 12.8. The van der Waals surface area contributed by atoms with Gasteiger partial charge in [-0.05, 0) is 66.8 Å². The third-order valence-electron chi connectivity index (χ3n) is 3.71. The van der Waals surface area contributed by atoms with E-state index < -0.39 is 0 Å². The lowest BCUT2D eigenvalue weighted by molar-refractivity contribution is 0.102. The van der Waals surface area contributed by atoms with E-state index in [0.29, 0.717) is 0 Å². The van der Waals surface area contributed by atoms with Crippen LogP contribution in [0.2, 0.25) is 0 Å². The number of aryl methyl sites for hydroxylation is 2. The second-order valence-corrected chi connectivity index (χ2v) is 5.02. The number of amides is 1. The second kappa shape index (κ2) is 5.37. The van der Waals surface area contributed by atoms with Gasteiger partial charge in [0, 0.05) is 11.3 Å². The first kappa shape index (κ1) is 12.7. The van der Waals surface area contributed by atoms with E-state index in [-0.39, 0.29) is 5.91 Å². The lowest BCUT2D eigenvalue weighted by Crippen LogP contribution is -2.12. The van der Waals surface area contributed by atoms with Crippen LogP contribution >= 0.6 is 0 Å². The highest BCUT2D eigenvalue weighted by Gasteiger charge is 2.13. The molecule has 0 heterocycles. The van der Waals surface area contributed by atoms with Gasteiger partial charge in [0.15, 0.2) is 0 Å². The van der Waals surface area contributed by atoms with Crippen molar-refractivity contribution >= 4 is 11.6 Å². The maximum atomic E-state index is 12.2. The van der Waals surface area contributed by atoms with Crippen LogP contribution in [0.1, 0.15) is 27.9 Å². The summed E-state index contributed by atoms with van der Waals surface area (Å²) >= 11 is 0. The number of hydrogen-bond donors (Lipinski definition) is 1. The van der Waals surface area contributed by atoms with Gasteiger partial charge in [-0.25, -0.2) is 0 Å². The van der Waals surface area contributed by atoms with E-state index in [1.807, 2.05) is 36.4 Å². The van der Waals surface area contributed by atoms with Crippen molar-refractivity contribution in [2.45, 2.75) is 19.3 Å². The van der Waals surface area contributed by atoms with Gasteiger partial charge in [-0.1, -0.05) is 6.07 Å². The number of benzene rings is 2. The van der Waals surface area contributed by atoms with Crippen LogP contribution in [-0.2, 0) is 12.8 Å². The maximum Gasteiger partial charge on any atom is 0.255 e. The molecule has 3 nitrogen and oxygen atoms in total. The van der Waals surface area contributed by atoms with Crippen molar-refractivity contribution in [2.24, 2.45) is 0 Å². The van der Waals surface area contributed by atoms with Gasteiger partial charge in [0.05, 0.1) is 7.11 Å². The fourth-order valence-electron chi connectivity index (χ4n) is 2.59. The van der Waals surface area contributed by atoms with Crippen molar-refractivity contribution in [2.75, 3.05) is 12.4 Å². The molecular formula is C17H17NO2. The van der Waals surface area contributed by atoms with Gasteiger partial charge >= 0.3 is 0 Å². The fourth-order valence-corrected chi connectivity index (χ4v) is 2.59. The molecule has 102 valence electrons. The molecule has 3 heteroatoms. The summed E-state index contributed by atoms with van der Waals surface area (Å²) in [6, 6.07) is 13.3. The van der Waals surface area contributed by atoms with E-state index in [0.717, 1.165) is 29.8 Å². The molecule has 0 atom stereocenters. The summed E-state index contributed by atoms with van der Waals surface area (Å²) in [6.45, 7) is 0. The van der Waals surface area contributed by atoms with E-state index in [9.17, 15) is 4.79 Å². The maximum absolute atomic E-state index is 12.2. The minimum absolute atomic E-state index is 0.0649. The lowest BCUT2D eigenvalue weighted by Gasteiger charge is -2.08. The predicted molar refractivity (Wildman–Crippen MR) is 79.4 cm³/mol. The van der Waals surface area contributed by atoms with Gasteiger partial charge in [0.1, 0.15) is 5.75 Å². The van der Waals surface area contributed by atoms with E-state index in [4.69, 9.17) is 4.74 Å². The van der Waals surface area contributed by atoms with Crippen LogP contribution < -0.4 is 10.1 Å². The van der Waals surface area contributed by atoms with E-state index >= 15 is 0 Å². The van der Waals surface area contributed by atoms with Crippen LogP contribution in [0.5, 0.6) is 5.75 Å². The van der Waals surface area contributed by atoms with Gasteiger partial charge in [-0.2, -0.15) is 0 Å². The van der Waals surface area contributed by atoms with Crippen LogP contribution in [0.3, 0.4) is 0 Å². The summed E-state index contributed by atoms with van der Waals surface area (Å²) in [5, 5.41) is 2.91. The van der Waals surface area contributed by atoms with E-state index in [1.165, 1.54) is 17.5 Å². The fraction of sp³-hybridized carbons (Fsp3) is 0.235. The Morgan fingerprint density at radius 2 is 1.80 bits per heavy atom. The van der Waals surface area contributed by atoms with Gasteiger partial charge in [-0.15, -0.1) is 0 Å². The average Bonchev–Trinajstić information content (AvgIpc) is 2.95. The zero-order valence-electron chi connectivity index (χ0n) is 11.5. The lowest BCUT2D eigenvalue weighted by atomic mass is 10.1. The van der Waals surface area contributed by atoms with Crippen LogP contribution in [0, 0.1) is 0 Å². The third kappa shape index (κ3) is 2.52. The van der Waals surface area contributed by atoms with Crippen molar-refractivity contribution in [1.29, 1.82) is 0 Å². The molecule has 0 unspecified atom stereocenters. The summed E-state index contributed by atoms with van der Waals surface area (Å²) in [7, 11) is 1.62. The summed E-state index contributed by atoms with van der Waals surface area (Å²) in [5.41, 5.74) is 4.19. The van der Waals surface area contributed by atoms with Crippen molar-refractivity contribution in [3.05, 3.63) is 59.2 Å². The molecule has 20 heavy (non-hydrogen) atoms. The molecule has 0 saturated heterocycles. The number of carbonyl (C=O) groups excluding carboxylic acids is 1. The van der Waals surface area contributed by atoms with Gasteiger partial charge in [-0.3, -0.25) is 4.79 Å². The van der Waals surface area contributed by atoms with Crippen LogP contribution in [0.4, 0.5) is 5.69 Å². The quantitative estimate of drug-likeness (QED) is 0.925. The van der Waals surface area contributed by atoms with E-state index in [2.05, 4.69) is 11.4 Å². The number of methoxy groups -OCH3 is 1. The van der Waals surface area contributed by atoms with Gasteiger partial charge < -0.3 is 10.1 Å². The van der Waals surface area contributed by atoms with Gasteiger partial charge in [0.25, 0.3) is 5.91 Å². The van der Waals surface area contributed by atoms with Crippen LogP contribution in [-0.4, -0.2) is 13.0 Å². The molecule has 0 saturated carbocycles. The topological polar surface area (TPSA) is 38.3 Å². The second-order valence-electron chi connectivity index (χ2n) is 5.02. The Bertz CT molecular complexity index is 632. The molecule has 0 bridgehead atoms.